The van der Waals surface area contributed by atoms with Crippen molar-refractivity contribution in [1.29, 1.82) is 0 Å². The summed E-state index contributed by atoms with van der Waals surface area (Å²) in [7, 11) is 0. The van der Waals surface area contributed by atoms with E-state index in [1.54, 1.807) is 0 Å². The summed E-state index contributed by atoms with van der Waals surface area (Å²) in [5.41, 5.74) is 0. The first-order chi connectivity index (χ1) is 7.38. The quantitative estimate of drug-likeness (QED) is 0.838. The van der Waals surface area contributed by atoms with Crippen LogP contribution in [-0.2, 0) is 13.1 Å². The van der Waals surface area contributed by atoms with Gasteiger partial charge in [0.2, 0.25) is 0 Å². The summed E-state index contributed by atoms with van der Waals surface area (Å²) in [6.07, 6.45) is 5.65. The molecule has 0 amide bonds. The monoisotopic (exact) mass is 221 g/mol. The highest BCUT2D eigenvalue weighted by Crippen LogP contribution is 2.17. The van der Waals surface area contributed by atoms with E-state index in [2.05, 4.69) is 33.9 Å². The molecule has 2 aromatic heterocycles. The van der Waals surface area contributed by atoms with Crippen molar-refractivity contribution in [3.8, 4) is 0 Å². The Balaban J connectivity index is 1.95. The standard InChI is InChI=1S/C11H15N3S/c1-2-12-7-10-3-4-11(15-10)8-14-6-5-13-9-14/h3-6,9,12H,2,7-8H2,1H3. The van der Waals surface area contributed by atoms with Crippen LogP contribution in [0.15, 0.2) is 30.9 Å². The highest BCUT2D eigenvalue weighted by atomic mass is 32.1. The van der Waals surface area contributed by atoms with Gasteiger partial charge < -0.3 is 9.88 Å². The molecule has 3 nitrogen and oxygen atoms in total. The van der Waals surface area contributed by atoms with Gasteiger partial charge in [0.25, 0.3) is 0 Å². The summed E-state index contributed by atoms with van der Waals surface area (Å²) >= 11 is 1.86. The number of thiophene rings is 1. The number of aromatic nitrogens is 2. The third-order valence-electron chi connectivity index (χ3n) is 2.16. The molecule has 0 aliphatic carbocycles. The lowest BCUT2D eigenvalue weighted by atomic mass is 10.4. The topological polar surface area (TPSA) is 29.9 Å². The first kappa shape index (κ1) is 10.4. The van der Waals surface area contributed by atoms with Crippen molar-refractivity contribution < 1.29 is 0 Å². The van der Waals surface area contributed by atoms with Gasteiger partial charge in [-0.2, -0.15) is 0 Å². The maximum absolute atomic E-state index is 4.03. The van der Waals surface area contributed by atoms with E-state index in [9.17, 15) is 0 Å². The Kier molecular flexibility index (Phi) is 3.53. The third-order valence-corrected chi connectivity index (χ3v) is 3.23. The molecule has 0 spiro atoms. The molecule has 2 aromatic rings. The average Bonchev–Trinajstić information content (AvgIpc) is 2.87. The lowest BCUT2D eigenvalue weighted by molar-refractivity contribution is 0.735. The molecule has 15 heavy (non-hydrogen) atoms. The fourth-order valence-corrected chi connectivity index (χ4v) is 2.41. The zero-order valence-electron chi connectivity index (χ0n) is 8.81. The van der Waals surface area contributed by atoms with E-state index < -0.39 is 0 Å². The summed E-state index contributed by atoms with van der Waals surface area (Å²) < 4.78 is 2.09. The van der Waals surface area contributed by atoms with Crippen LogP contribution < -0.4 is 5.32 Å². The van der Waals surface area contributed by atoms with Gasteiger partial charge in [-0.1, -0.05) is 6.92 Å². The van der Waals surface area contributed by atoms with Crippen LogP contribution in [-0.4, -0.2) is 16.1 Å². The Labute approximate surface area is 93.8 Å². The zero-order valence-corrected chi connectivity index (χ0v) is 9.63. The van der Waals surface area contributed by atoms with Gasteiger partial charge in [-0.15, -0.1) is 11.3 Å². The molecule has 0 aliphatic rings. The van der Waals surface area contributed by atoms with Crippen LogP contribution in [0.4, 0.5) is 0 Å². The van der Waals surface area contributed by atoms with Crippen molar-refractivity contribution in [2.45, 2.75) is 20.0 Å². The molecule has 1 N–H and O–H groups in total. The lowest BCUT2D eigenvalue weighted by Gasteiger charge is -1.98. The molecule has 0 fully saturated rings. The summed E-state index contributed by atoms with van der Waals surface area (Å²) in [4.78, 5) is 6.80. The van der Waals surface area contributed by atoms with Crippen LogP contribution in [0.5, 0.6) is 0 Å². The first-order valence-electron chi connectivity index (χ1n) is 5.12. The minimum atomic E-state index is 0.927. The van der Waals surface area contributed by atoms with Gasteiger partial charge in [0.15, 0.2) is 0 Å². The zero-order chi connectivity index (χ0) is 10.5. The molecule has 0 bridgehead atoms. The van der Waals surface area contributed by atoms with Gasteiger partial charge in [0.05, 0.1) is 12.9 Å². The largest absolute Gasteiger partial charge is 0.332 e. The molecule has 80 valence electrons. The lowest BCUT2D eigenvalue weighted by Crippen LogP contribution is -2.10. The van der Waals surface area contributed by atoms with Gasteiger partial charge in [0, 0.05) is 28.7 Å². The summed E-state index contributed by atoms with van der Waals surface area (Å²) in [5.74, 6) is 0. The molecule has 0 saturated carbocycles. The van der Waals surface area contributed by atoms with Crippen LogP contribution in [0.25, 0.3) is 0 Å². The van der Waals surface area contributed by atoms with Gasteiger partial charge in [-0.05, 0) is 18.7 Å². The van der Waals surface area contributed by atoms with E-state index in [0.29, 0.717) is 0 Å². The highest BCUT2D eigenvalue weighted by Gasteiger charge is 2.00. The minimum Gasteiger partial charge on any atom is -0.332 e. The van der Waals surface area contributed by atoms with Crippen molar-refractivity contribution in [3.05, 3.63) is 40.6 Å². The van der Waals surface area contributed by atoms with E-state index in [1.807, 2.05) is 30.1 Å². The van der Waals surface area contributed by atoms with Crippen LogP contribution in [0, 0.1) is 0 Å². The number of nitrogens with one attached hydrogen (secondary N) is 1. The molecule has 0 aromatic carbocycles. The average molecular weight is 221 g/mol. The molecule has 0 radical (unpaired) electrons. The maximum atomic E-state index is 4.03. The second-order valence-corrected chi connectivity index (χ2v) is 4.64. The smallest absolute Gasteiger partial charge is 0.0949 e. The predicted molar refractivity (Wildman–Crippen MR) is 63.0 cm³/mol. The summed E-state index contributed by atoms with van der Waals surface area (Å²) in [6, 6.07) is 4.39. The van der Waals surface area contributed by atoms with Crippen molar-refractivity contribution in [3.63, 3.8) is 0 Å². The highest BCUT2D eigenvalue weighted by molar-refractivity contribution is 7.11. The number of hydrogen-bond acceptors (Lipinski definition) is 3. The van der Waals surface area contributed by atoms with Gasteiger partial charge in [-0.25, -0.2) is 4.98 Å². The van der Waals surface area contributed by atoms with Gasteiger partial charge >= 0.3 is 0 Å². The SMILES string of the molecule is CCNCc1ccc(Cn2ccnc2)s1. The molecular weight excluding hydrogens is 206 g/mol. The van der Waals surface area contributed by atoms with Gasteiger partial charge in [0.1, 0.15) is 0 Å². The van der Waals surface area contributed by atoms with E-state index in [1.165, 1.54) is 9.75 Å². The molecular formula is C11H15N3S. The van der Waals surface area contributed by atoms with E-state index in [4.69, 9.17) is 0 Å². The van der Waals surface area contributed by atoms with Crippen LogP contribution in [0.1, 0.15) is 16.7 Å². The summed E-state index contributed by atoms with van der Waals surface area (Å²) in [6.45, 7) is 5.05. The maximum Gasteiger partial charge on any atom is 0.0949 e. The fraction of sp³-hybridized carbons (Fsp3) is 0.364. The second-order valence-electron chi connectivity index (χ2n) is 3.38. The molecule has 0 saturated heterocycles. The van der Waals surface area contributed by atoms with Crippen molar-refractivity contribution in [1.82, 2.24) is 14.9 Å². The molecule has 0 atom stereocenters. The molecule has 2 heterocycles. The van der Waals surface area contributed by atoms with Crippen LogP contribution in [0.2, 0.25) is 0 Å². The number of hydrogen-bond donors (Lipinski definition) is 1. The molecule has 0 aliphatic heterocycles. The predicted octanol–water partition coefficient (Wildman–Crippen LogP) is 2.10. The Morgan fingerprint density at radius 3 is 3.00 bits per heavy atom. The van der Waals surface area contributed by atoms with Crippen molar-refractivity contribution in [2.75, 3.05) is 6.54 Å². The van der Waals surface area contributed by atoms with E-state index in [0.717, 1.165) is 19.6 Å². The Hall–Kier alpha value is -1.13. The Bertz CT molecular complexity index is 392. The van der Waals surface area contributed by atoms with Gasteiger partial charge in [-0.3, -0.25) is 0 Å². The molecule has 4 heteroatoms. The Morgan fingerprint density at radius 1 is 1.40 bits per heavy atom. The fourth-order valence-electron chi connectivity index (χ4n) is 1.41. The minimum absolute atomic E-state index is 0.927. The third kappa shape index (κ3) is 2.91. The van der Waals surface area contributed by atoms with Crippen molar-refractivity contribution >= 4 is 11.3 Å². The second kappa shape index (κ2) is 5.09. The van der Waals surface area contributed by atoms with E-state index in [-0.39, 0.29) is 0 Å². The molecule has 2 rings (SSSR count). The summed E-state index contributed by atoms with van der Waals surface area (Å²) in [5, 5.41) is 3.33. The number of nitrogens with zero attached hydrogens (tertiary/aromatic N) is 2. The first-order valence-corrected chi connectivity index (χ1v) is 5.94. The number of rotatable bonds is 5. The van der Waals surface area contributed by atoms with E-state index >= 15 is 0 Å². The van der Waals surface area contributed by atoms with Crippen LogP contribution in [0.3, 0.4) is 0 Å². The number of imidazole rings is 1. The Morgan fingerprint density at radius 2 is 2.27 bits per heavy atom. The normalized spacial score (nSPS) is 10.7. The molecule has 0 unspecified atom stereocenters. The van der Waals surface area contributed by atoms with Crippen LogP contribution >= 0.6 is 11.3 Å². The van der Waals surface area contributed by atoms with Crippen molar-refractivity contribution in [2.24, 2.45) is 0 Å².